The summed E-state index contributed by atoms with van der Waals surface area (Å²) in [7, 11) is 0.453. The molecule has 1 fully saturated rings. The van der Waals surface area contributed by atoms with Crippen LogP contribution in [0.5, 0.6) is 0 Å². The van der Waals surface area contributed by atoms with Crippen molar-refractivity contribution in [3.05, 3.63) is 30.3 Å². The van der Waals surface area contributed by atoms with Crippen molar-refractivity contribution >= 4 is 10.9 Å². The van der Waals surface area contributed by atoms with Crippen LogP contribution >= 0.6 is 0 Å². The molecule has 76 valence electrons. The van der Waals surface area contributed by atoms with E-state index < -0.39 is 0 Å². The summed E-state index contributed by atoms with van der Waals surface area (Å²) in [5.74, 6) is 2.55. The lowest BCUT2D eigenvalue weighted by Gasteiger charge is -2.04. The third-order valence-electron chi connectivity index (χ3n) is 2.55. The molecule has 1 aliphatic rings. The predicted molar refractivity (Wildman–Crippen MR) is 61.8 cm³/mol. The molecule has 1 aromatic carbocycles. The summed E-state index contributed by atoms with van der Waals surface area (Å²) in [5, 5.41) is 0. The Morgan fingerprint density at radius 1 is 1.36 bits per heavy atom. The summed E-state index contributed by atoms with van der Waals surface area (Å²) in [4.78, 5) is 1.51. The fourth-order valence-electron chi connectivity index (χ4n) is 1.86. The molecule has 1 heterocycles. The normalized spacial score (nSPS) is 26.6. The minimum absolute atomic E-state index is 0.453. The maximum Gasteiger partial charge on any atom is 0.154 e. The van der Waals surface area contributed by atoms with Crippen molar-refractivity contribution in [2.45, 2.75) is 24.3 Å². The van der Waals surface area contributed by atoms with E-state index in [1.165, 1.54) is 22.8 Å². The number of hydrogen-bond acceptors (Lipinski definition) is 1. The molecular weight excluding hydrogens is 192 g/mol. The van der Waals surface area contributed by atoms with Crippen LogP contribution in [0.2, 0.25) is 0 Å². The van der Waals surface area contributed by atoms with Crippen LogP contribution in [-0.4, -0.2) is 24.2 Å². The van der Waals surface area contributed by atoms with E-state index in [0.29, 0.717) is 17.0 Å². The standard InChI is InChI=1S/C12H17OS/c1-2-13-11-8-9-14(10-11)12-6-4-3-5-7-12/h3-7,11H,2,8-10H2,1H3/q+1. The zero-order valence-electron chi connectivity index (χ0n) is 8.61. The number of benzene rings is 1. The molecule has 2 unspecified atom stereocenters. The molecule has 0 aliphatic carbocycles. The van der Waals surface area contributed by atoms with E-state index in [0.717, 1.165) is 6.61 Å². The first-order chi connectivity index (χ1) is 6.90. The van der Waals surface area contributed by atoms with E-state index in [4.69, 9.17) is 4.74 Å². The van der Waals surface area contributed by atoms with Gasteiger partial charge in [-0.25, -0.2) is 0 Å². The van der Waals surface area contributed by atoms with Crippen molar-refractivity contribution in [3.63, 3.8) is 0 Å². The molecule has 2 rings (SSSR count). The monoisotopic (exact) mass is 209 g/mol. The van der Waals surface area contributed by atoms with Gasteiger partial charge in [0.1, 0.15) is 17.6 Å². The molecule has 0 radical (unpaired) electrons. The zero-order valence-corrected chi connectivity index (χ0v) is 9.43. The van der Waals surface area contributed by atoms with E-state index in [1.807, 2.05) is 0 Å². The van der Waals surface area contributed by atoms with Crippen LogP contribution in [0.4, 0.5) is 0 Å². The van der Waals surface area contributed by atoms with Crippen LogP contribution in [0.15, 0.2) is 35.2 Å². The highest BCUT2D eigenvalue weighted by Gasteiger charge is 2.34. The van der Waals surface area contributed by atoms with Crippen molar-refractivity contribution in [2.24, 2.45) is 0 Å². The minimum Gasteiger partial charge on any atom is -0.373 e. The maximum absolute atomic E-state index is 5.66. The second-order valence-corrected chi connectivity index (χ2v) is 5.74. The molecule has 2 heteroatoms. The first-order valence-corrected chi connectivity index (χ1v) is 6.80. The van der Waals surface area contributed by atoms with Crippen molar-refractivity contribution in [1.82, 2.24) is 0 Å². The highest BCUT2D eigenvalue weighted by atomic mass is 32.2. The van der Waals surface area contributed by atoms with Gasteiger partial charge >= 0.3 is 0 Å². The molecule has 14 heavy (non-hydrogen) atoms. The summed E-state index contributed by atoms with van der Waals surface area (Å²) in [6, 6.07) is 10.9. The molecule has 2 atom stereocenters. The number of hydrogen-bond donors (Lipinski definition) is 0. The fourth-order valence-corrected chi connectivity index (χ4v) is 4.25. The van der Waals surface area contributed by atoms with Gasteiger partial charge < -0.3 is 4.74 Å². The molecule has 1 aromatic rings. The Balaban J connectivity index is 1.96. The van der Waals surface area contributed by atoms with Crippen molar-refractivity contribution in [3.8, 4) is 0 Å². The average molecular weight is 209 g/mol. The third-order valence-corrected chi connectivity index (χ3v) is 4.99. The lowest BCUT2D eigenvalue weighted by atomic mass is 10.3. The number of ether oxygens (including phenoxy) is 1. The van der Waals surface area contributed by atoms with E-state index in [-0.39, 0.29) is 0 Å². The smallest absolute Gasteiger partial charge is 0.154 e. The second kappa shape index (κ2) is 4.85. The second-order valence-electron chi connectivity index (χ2n) is 3.54. The molecule has 0 saturated carbocycles. The molecule has 1 aliphatic heterocycles. The van der Waals surface area contributed by atoms with Gasteiger partial charge in [-0.15, -0.1) is 0 Å². The van der Waals surface area contributed by atoms with E-state index >= 15 is 0 Å². The van der Waals surface area contributed by atoms with Crippen LogP contribution < -0.4 is 0 Å². The summed E-state index contributed by atoms with van der Waals surface area (Å²) < 4.78 is 5.66. The summed E-state index contributed by atoms with van der Waals surface area (Å²) in [6.45, 7) is 2.94. The third kappa shape index (κ3) is 2.31. The SMILES string of the molecule is CCOC1CC[S+](c2ccccc2)C1. The zero-order chi connectivity index (χ0) is 9.80. The fraction of sp³-hybridized carbons (Fsp3) is 0.500. The first kappa shape index (κ1) is 10.1. The summed E-state index contributed by atoms with van der Waals surface area (Å²) >= 11 is 0. The Morgan fingerprint density at radius 3 is 2.86 bits per heavy atom. The van der Waals surface area contributed by atoms with Crippen LogP contribution in [-0.2, 0) is 15.6 Å². The van der Waals surface area contributed by atoms with Gasteiger partial charge in [0, 0.05) is 23.9 Å². The Hall–Kier alpha value is -0.470. The molecule has 0 amide bonds. The van der Waals surface area contributed by atoms with Gasteiger partial charge in [0.2, 0.25) is 0 Å². The lowest BCUT2D eigenvalue weighted by molar-refractivity contribution is 0.0818. The van der Waals surface area contributed by atoms with Gasteiger partial charge in [0.05, 0.1) is 0 Å². The Morgan fingerprint density at radius 2 is 2.14 bits per heavy atom. The lowest BCUT2D eigenvalue weighted by Crippen LogP contribution is -2.14. The summed E-state index contributed by atoms with van der Waals surface area (Å²) in [6.07, 6.45) is 1.76. The first-order valence-electron chi connectivity index (χ1n) is 5.24. The van der Waals surface area contributed by atoms with Gasteiger partial charge in [0.15, 0.2) is 4.90 Å². The topological polar surface area (TPSA) is 9.23 Å². The summed E-state index contributed by atoms with van der Waals surface area (Å²) in [5.41, 5.74) is 0. The number of rotatable bonds is 3. The Labute approximate surface area is 88.8 Å². The van der Waals surface area contributed by atoms with E-state index in [1.54, 1.807) is 0 Å². The van der Waals surface area contributed by atoms with E-state index in [2.05, 4.69) is 37.3 Å². The van der Waals surface area contributed by atoms with Gasteiger partial charge in [-0.3, -0.25) is 0 Å². The quantitative estimate of drug-likeness (QED) is 0.695. The molecule has 0 N–H and O–H groups in total. The highest BCUT2D eigenvalue weighted by Crippen LogP contribution is 2.24. The van der Waals surface area contributed by atoms with Crippen LogP contribution in [0.3, 0.4) is 0 Å². The van der Waals surface area contributed by atoms with Gasteiger partial charge in [-0.2, -0.15) is 0 Å². The Bertz CT molecular complexity index is 273. The molecular formula is C12H17OS+. The molecule has 1 saturated heterocycles. The highest BCUT2D eigenvalue weighted by molar-refractivity contribution is 7.97. The predicted octanol–water partition coefficient (Wildman–Crippen LogP) is 2.47. The minimum atomic E-state index is 0.453. The van der Waals surface area contributed by atoms with Crippen LogP contribution in [0.25, 0.3) is 0 Å². The van der Waals surface area contributed by atoms with Crippen molar-refractivity contribution < 1.29 is 4.74 Å². The molecule has 0 bridgehead atoms. The maximum atomic E-state index is 5.66. The van der Waals surface area contributed by atoms with Crippen LogP contribution in [0, 0.1) is 0 Å². The van der Waals surface area contributed by atoms with Gasteiger partial charge in [-0.05, 0) is 19.1 Å². The van der Waals surface area contributed by atoms with Crippen molar-refractivity contribution in [2.75, 3.05) is 18.1 Å². The van der Waals surface area contributed by atoms with Gasteiger partial charge in [0.25, 0.3) is 0 Å². The van der Waals surface area contributed by atoms with Crippen molar-refractivity contribution in [1.29, 1.82) is 0 Å². The molecule has 0 aromatic heterocycles. The van der Waals surface area contributed by atoms with Gasteiger partial charge in [-0.1, -0.05) is 18.2 Å². The van der Waals surface area contributed by atoms with Crippen LogP contribution in [0.1, 0.15) is 13.3 Å². The average Bonchev–Trinajstić information content (AvgIpc) is 2.68. The molecule has 1 nitrogen and oxygen atoms in total. The Kier molecular flexibility index (Phi) is 3.49. The largest absolute Gasteiger partial charge is 0.373 e. The van der Waals surface area contributed by atoms with E-state index in [9.17, 15) is 0 Å². The molecule has 0 spiro atoms.